The maximum atomic E-state index is 12.5. The molecule has 0 fully saturated rings. The summed E-state index contributed by atoms with van der Waals surface area (Å²) in [5.41, 5.74) is 0. The largest absolute Gasteiger partial charge is 0.466 e. The van der Waals surface area contributed by atoms with E-state index >= 15 is 0 Å². The summed E-state index contributed by atoms with van der Waals surface area (Å²) in [5.74, 6) is -0.0627. The number of nitrogens with one attached hydrogen (secondary N) is 1. The van der Waals surface area contributed by atoms with Gasteiger partial charge in [-0.05, 0) is 89.9 Å². The minimum absolute atomic E-state index is 0.00607. The lowest BCUT2D eigenvalue weighted by molar-refractivity contribution is -0.143. The molecular weight excluding hydrogens is 923 g/mol. The van der Waals surface area contributed by atoms with Crippen molar-refractivity contribution in [3.05, 3.63) is 48.6 Å². The number of carbonyl (C=O) groups excluding carboxylic acids is 2. The molecule has 0 aliphatic rings. The Balaban J connectivity index is 3.40. The van der Waals surface area contributed by atoms with E-state index in [4.69, 9.17) is 4.74 Å². The summed E-state index contributed by atoms with van der Waals surface area (Å²) in [6.45, 7) is 4.89. The van der Waals surface area contributed by atoms with E-state index in [1.807, 2.05) is 6.08 Å². The summed E-state index contributed by atoms with van der Waals surface area (Å²) < 4.78 is 5.49. The highest BCUT2D eigenvalue weighted by Gasteiger charge is 2.18. The molecule has 75 heavy (non-hydrogen) atoms. The third-order valence-electron chi connectivity index (χ3n) is 15.3. The Morgan fingerprint density at radius 3 is 1.05 bits per heavy atom. The smallest absolute Gasteiger partial charge is 0.305 e. The summed E-state index contributed by atoms with van der Waals surface area (Å²) in [6.07, 6.45) is 83.1. The highest BCUT2D eigenvalue weighted by Crippen LogP contribution is 2.17. The zero-order valence-corrected chi connectivity index (χ0v) is 50.3. The second-order valence-electron chi connectivity index (χ2n) is 22.8. The number of aliphatic hydroxyl groups is 2. The van der Waals surface area contributed by atoms with E-state index in [0.29, 0.717) is 19.4 Å². The number of aliphatic hydroxyl groups excluding tert-OH is 2. The fourth-order valence-corrected chi connectivity index (χ4v) is 10.2. The lowest BCUT2D eigenvalue weighted by Crippen LogP contribution is -2.45. The minimum atomic E-state index is -0.846. The fourth-order valence-electron chi connectivity index (χ4n) is 10.2. The van der Waals surface area contributed by atoms with Crippen LogP contribution in [0.4, 0.5) is 0 Å². The first-order valence-corrected chi connectivity index (χ1v) is 33.4. The molecular formula is C69H129NO5. The molecule has 0 aliphatic carbocycles. The van der Waals surface area contributed by atoms with Crippen LogP contribution in [0, 0.1) is 0 Å². The number of ether oxygens (including phenoxy) is 1. The van der Waals surface area contributed by atoms with Crippen LogP contribution in [-0.2, 0) is 14.3 Å². The number of allylic oxidation sites excluding steroid dienone is 7. The standard InChI is InChI=1S/C69H129NO5/c1-3-5-7-9-11-13-15-17-19-30-35-39-43-47-51-55-59-63-69(74)75-64-60-56-52-48-44-40-36-32-29-27-25-23-21-20-22-24-26-28-31-34-38-42-46-50-54-58-62-68(73)70-66(65-71)67(72)61-57-53-49-45-41-37-33-18-16-14-12-10-8-6-4-2/h11,13,17,19-20,22,57,61,66-67,71-72H,3-10,12,14-16,18,21,23-56,58-60,62-65H2,1-2H3,(H,70,73)/b13-11-,19-17-,22-20-,61-57+. The second kappa shape index (κ2) is 64.3. The number of rotatable bonds is 62. The van der Waals surface area contributed by atoms with Crippen molar-refractivity contribution < 1.29 is 24.5 Å². The van der Waals surface area contributed by atoms with Gasteiger partial charge in [0.05, 0.1) is 25.4 Å². The van der Waals surface area contributed by atoms with Crippen LogP contribution in [0.5, 0.6) is 0 Å². The van der Waals surface area contributed by atoms with Gasteiger partial charge in [0, 0.05) is 12.8 Å². The van der Waals surface area contributed by atoms with Crippen molar-refractivity contribution in [3.8, 4) is 0 Å². The molecule has 0 aromatic rings. The molecule has 0 aromatic heterocycles. The molecule has 0 saturated heterocycles. The fraction of sp³-hybridized carbons (Fsp3) is 0.855. The Morgan fingerprint density at radius 1 is 0.373 bits per heavy atom. The lowest BCUT2D eigenvalue weighted by Gasteiger charge is -2.20. The first kappa shape index (κ1) is 72.8. The molecule has 0 aromatic carbocycles. The molecule has 0 saturated carbocycles. The van der Waals surface area contributed by atoms with Crippen molar-refractivity contribution in [1.29, 1.82) is 0 Å². The number of hydrogen-bond acceptors (Lipinski definition) is 5. The quantitative estimate of drug-likeness (QED) is 0.0320. The molecule has 1 amide bonds. The topological polar surface area (TPSA) is 95.9 Å². The Hall–Kier alpha value is -2.18. The van der Waals surface area contributed by atoms with Crippen molar-refractivity contribution in [2.45, 2.75) is 366 Å². The number of carbonyl (C=O) groups is 2. The normalized spacial score (nSPS) is 12.9. The van der Waals surface area contributed by atoms with E-state index in [2.05, 4.69) is 55.6 Å². The van der Waals surface area contributed by atoms with Gasteiger partial charge in [-0.3, -0.25) is 9.59 Å². The minimum Gasteiger partial charge on any atom is -0.466 e. The molecule has 0 bridgehead atoms. The summed E-state index contributed by atoms with van der Waals surface area (Å²) in [6, 6.07) is -0.630. The highest BCUT2D eigenvalue weighted by molar-refractivity contribution is 5.76. The van der Waals surface area contributed by atoms with Crippen LogP contribution in [0.2, 0.25) is 0 Å². The average molecular weight is 1050 g/mol. The number of amides is 1. The van der Waals surface area contributed by atoms with Gasteiger partial charge in [0.1, 0.15) is 0 Å². The molecule has 0 aliphatic heterocycles. The van der Waals surface area contributed by atoms with E-state index in [-0.39, 0.29) is 18.5 Å². The Labute approximate surface area is 467 Å². The van der Waals surface area contributed by atoms with Gasteiger partial charge in [0.15, 0.2) is 0 Å². The monoisotopic (exact) mass is 1050 g/mol. The molecule has 0 rings (SSSR count). The predicted octanol–water partition coefficient (Wildman–Crippen LogP) is 21.3. The number of unbranched alkanes of at least 4 members (excludes halogenated alkanes) is 45. The second-order valence-corrected chi connectivity index (χ2v) is 22.8. The van der Waals surface area contributed by atoms with Crippen LogP contribution in [0.1, 0.15) is 354 Å². The van der Waals surface area contributed by atoms with E-state index in [1.54, 1.807) is 6.08 Å². The van der Waals surface area contributed by atoms with Gasteiger partial charge in [-0.15, -0.1) is 0 Å². The summed E-state index contributed by atoms with van der Waals surface area (Å²) >= 11 is 0. The van der Waals surface area contributed by atoms with Crippen LogP contribution in [0.15, 0.2) is 48.6 Å². The Kier molecular flexibility index (Phi) is 62.5. The maximum absolute atomic E-state index is 12.5. The average Bonchev–Trinajstić information content (AvgIpc) is 3.41. The Bertz CT molecular complexity index is 1260. The van der Waals surface area contributed by atoms with Crippen LogP contribution in [0.25, 0.3) is 0 Å². The van der Waals surface area contributed by atoms with Gasteiger partial charge < -0.3 is 20.3 Å². The van der Waals surface area contributed by atoms with Gasteiger partial charge in [-0.2, -0.15) is 0 Å². The molecule has 0 radical (unpaired) electrons. The molecule has 2 unspecified atom stereocenters. The number of esters is 1. The SMILES string of the molecule is CCCCC/C=C\C/C=C\CCCCCCCCCC(=O)OCCCCCCCCCCCCCC/C=C\CCCCCCCCCCCCC(=O)NC(CO)C(O)/C=C/CCCCCCCCCCCCCCC. The van der Waals surface area contributed by atoms with Gasteiger partial charge in [0.25, 0.3) is 0 Å². The molecule has 440 valence electrons. The van der Waals surface area contributed by atoms with Crippen molar-refractivity contribution in [1.82, 2.24) is 5.32 Å². The number of hydrogen-bond donors (Lipinski definition) is 3. The first-order valence-electron chi connectivity index (χ1n) is 33.4. The molecule has 2 atom stereocenters. The van der Waals surface area contributed by atoms with Crippen LogP contribution >= 0.6 is 0 Å². The summed E-state index contributed by atoms with van der Waals surface area (Å²) in [4.78, 5) is 24.6. The van der Waals surface area contributed by atoms with Crippen molar-refractivity contribution in [2.24, 2.45) is 0 Å². The third kappa shape index (κ3) is 60.9. The van der Waals surface area contributed by atoms with Crippen LogP contribution < -0.4 is 5.32 Å². The van der Waals surface area contributed by atoms with Gasteiger partial charge in [0.2, 0.25) is 5.91 Å². The van der Waals surface area contributed by atoms with Crippen molar-refractivity contribution in [2.75, 3.05) is 13.2 Å². The zero-order valence-electron chi connectivity index (χ0n) is 50.3. The summed E-state index contributed by atoms with van der Waals surface area (Å²) in [5, 5.41) is 23.1. The van der Waals surface area contributed by atoms with E-state index in [9.17, 15) is 19.8 Å². The first-order chi connectivity index (χ1) is 37.0. The molecule has 6 heteroatoms. The van der Waals surface area contributed by atoms with Crippen LogP contribution in [0.3, 0.4) is 0 Å². The highest BCUT2D eigenvalue weighted by atomic mass is 16.5. The van der Waals surface area contributed by atoms with Crippen molar-refractivity contribution >= 4 is 11.9 Å². The van der Waals surface area contributed by atoms with Gasteiger partial charge in [-0.25, -0.2) is 0 Å². The molecule has 0 heterocycles. The van der Waals surface area contributed by atoms with Crippen LogP contribution in [-0.4, -0.2) is 47.4 Å². The van der Waals surface area contributed by atoms with Gasteiger partial charge >= 0.3 is 5.97 Å². The van der Waals surface area contributed by atoms with Gasteiger partial charge in [-0.1, -0.05) is 300 Å². The van der Waals surface area contributed by atoms with E-state index in [1.165, 1.54) is 276 Å². The van der Waals surface area contributed by atoms with E-state index in [0.717, 1.165) is 51.4 Å². The van der Waals surface area contributed by atoms with Crippen molar-refractivity contribution in [3.63, 3.8) is 0 Å². The van der Waals surface area contributed by atoms with E-state index < -0.39 is 12.1 Å². The molecule has 0 spiro atoms. The molecule has 3 N–H and O–H groups in total. The lowest BCUT2D eigenvalue weighted by atomic mass is 10.0. The third-order valence-corrected chi connectivity index (χ3v) is 15.3. The molecule has 6 nitrogen and oxygen atoms in total. The maximum Gasteiger partial charge on any atom is 0.305 e. The predicted molar refractivity (Wildman–Crippen MR) is 329 cm³/mol. The zero-order chi connectivity index (χ0) is 54.3. The Morgan fingerprint density at radius 2 is 0.667 bits per heavy atom. The summed E-state index contributed by atoms with van der Waals surface area (Å²) in [7, 11) is 0.